The minimum Gasteiger partial charge on any atom is -0.299 e. The van der Waals surface area contributed by atoms with Crippen LogP contribution in [0.3, 0.4) is 0 Å². The van der Waals surface area contributed by atoms with E-state index in [1.54, 1.807) is 0 Å². The summed E-state index contributed by atoms with van der Waals surface area (Å²) in [7, 11) is 0. The van der Waals surface area contributed by atoms with Crippen LogP contribution in [0.1, 0.15) is 67.9 Å². The fourth-order valence-corrected chi connectivity index (χ4v) is 5.46. The number of aryl methyl sites for hydroxylation is 1. The molecule has 4 rings (SSSR count). The van der Waals surface area contributed by atoms with Gasteiger partial charge in [0.15, 0.2) is 0 Å². The van der Waals surface area contributed by atoms with Gasteiger partial charge in [0.2, 0.25) is 0 Å². The Morgan fingerprint density at radius 3 is 2.52 bits per heavy atom. The Labute approximate surface area is 176 Å². The number of rotatable bonds is 5. The summed E-state index contributed by atoms with van der Waals surface area (Å²) in [4.78, 5) is 13.1. The smallest absolute Gasteiger partial charge is 0.140 e. The van der Waals surface area contributed by atoms with Gasteiger partial charge in [-0.2, -0.15) is 0 Å². The third-order valence-electron chi connectivity index (χ3n) is 7.25. The lowest BCUT2D eigenvalue weighted by atomic mass is 9.68. The highest BCUT2D eigenvalue weighted by Gasteiger charge is 2.34. The molecule has 0 spiro atoms. The molecule has 0 unspecified atom stereocenters. The van der Waals surface area contributed by atoms with Crippen LogP contribution in [0, 0.1) is 30.6 Å². The van der Waals surface area contributed by atoms with Gasteiger partial charge in [0.05, 0.1) is 0 Å². The second-order valence-corrected chi connectivity index (χ2v) is 9.77. The quantitative estimate of drug-likeness (QED) is 0.545. The van der Waals surface area contributed by atoms with E-state index in [-0.39, 0.29) is 5.92 Å². The molecule has 0 aliphatic heterocycles. The zero-order valence-corrected chi connectivity index (χ0v) is 18.4. The third kappa shape index (κ3) is 4.25. The van der Waals surface area contributed by atoms with E-state index in [1.807, 2.05) is 0 Å². The lowest BCUT2D eigenvalue weighted by molar-refractivity contribution is -0.126. The summed E-state index contributed by atoms with van der Waals surface area (Å²) in [6.45, 7) is 9.06. The van der Waals surface area contributed by atoms with E-state index in [1.165, 1.54) is 40.7 Å². The zero-order valence-electron chi connectivity index (χ0n) is 18.4. The number of hydrogen-bond acceptors (Lipinski definition) is 1. The first-order valence-electron chi connectivity index (χ1n) is 11.3. The second kappa shape index (κ2) is 8.30. The average molecular weight is 387 g/mol. The van der Waals surface area contributed by atoms with Crippen molar-refractivity contribution in [1.29, 1.82) is 0 Å². The molecule has 2 aliphatic rings. The summed E-state index contributed by atoms with van der Waals surface area (Å²) in [6, 6.07) is 15.3. The van der Waals surface area contributed by atoms with Crippen LogP contribution in [0.4, 0.5) is 0 Å². The van der Waals surface area contributed by atoms with Gasteiger partial charge in [0, 0.05) is 12.3 Å². The molecule has 0 saturated heterocycles. The molecule has 0 amide bonds. The van der Waals surface area contributed by atoms with Gasteiger partial charge in [0.1, 0.15) is 5.78 Å². The average Bonchev–Trinajstić information content (AvgIpc) is 3.14. The van der Waals surface area contributed by atoms with Gasteiger partial charge in [-0.05, 0) is 77.3 Å². The van der Waals surface area contributed by atoms with Crippen LogP contribution in [-0.2, 0) is 17.6 Å². The van der Waals surface area contributed by atoms with Gasteiger partial charge in [0.25, 0.3) is 0 Å². The number of allylic oxidation sites excluding steroid dienone is 1. The number of ketones is 1. The normalized spacial score (nSPS) is 23.8. The molecular weight excluding hydrogens is 352 g/mol. The number of carbonyl (C=O) groups excluding carboxylic acids is 1. The maximum absolute atomic E-state index is 13.1. The van der Waals surface area contributed by atoms with Crippen molar-refractivity contribution in [2.75, 3.05) is 0 Å². The van der Waals surface area contributed by atoms with Crippen LogP contribution in [0.2, 0.25) is 0 Å². The Balaban J connectivity index is 1.45. The molecule has 2 aromatic carbocycles. The van der Waals surface area contributed by atoms with Crippen LogP contribution in [-0.4, -0.2) is 5.78 Å². The van der Waals surface area contributed by atoms with Gasteiger partial charge in [-0.15, -0.1) is 0 Å². The molecule has 1 fully saturated rings. The largest absolute Gasteiger partial charge is 0.299 e. The Kier molecular flexibility index (Phi) is 5.76. The summed E-state index contributed by atoms with van der Waals surface area (Å²) in [6.07, 6.45) is 7.48. The Hall–Kier alpha value is -2.15. The van der Waals surface area contributed by atoms with Crippen molar-refractivity contribution in [3.8, 4) is 0 Å². The number of benzene rings is 2. The molecule has 3 atom stereocenters. The van der Waals surface area contributed by atoms with Crippen LogP contribution >= 0.6 is 0 Å². The van der Waals surface area contributed by atoms with Gasteiger partial charge in [-0.1, -0.05) is 75.7 Å². The van der Waals surface area contributed by atoms with Crippen LogP contribution in [0.15, 0.2) is 42.5 Å². The van der Waals surface area contributed by atoms with Gasteiger partial charge >= 0.3 is 0 Å². The van der Waals surface area contributed by atoms with Crippen molar-refractivity contribution in [2.24, 2.45) is 23.7 Å². The third-order valence-corrected chi connectivity index (χ3v) is 7.25. The fraction of sp³-hybridized carbons (Fsp3) is 0.464. The van der Waals surface area contributed by atoms with E-state index in [4.69, 9.17) is 0 Å². The van der Waals surface area contributed by atoms with Crippen molar-refractivity contribution in [2.45, 2.75) is 59.8 Å². The highest BCUT2D eigenvalue weighted by Crippen LogP contribution is 2.39. The van der Waals surface area contributed by atoms with Crippen LogP contribution < -0.4 is 0 Å². The van der Waals surface area contributed by atoms with Crippen LogP contribution in [0.25, 0.3) is 11.6 Å². The molecule has 0 bridgehead atoms. The zero-order chi connectivity index (χ0) is 20.5. The van der Waals surface area contributed by atoms with E-state index >= 15 is 0 Å². The molecule has 2 aliphatic carbocycles. The minimum atomic E-state index is 0.244. The molecule has 0 radical (unpaired) electrons. The van der Waals surface area contributed by atoms with Crippen LogP contribution in [0.5, 0.6) is 0 Å². The molecule has 2 aromatic rings. The fourth-order valence-electron chi connectivity index (χ4n) is 5.46. The molecule has 0 heterocycles. The molecule has 0 aromatic heterocycles. The summed E-state index contributed by atoms with van der Waals surface area (Å²) >= 11 is 0. The molecular formula is C28H34O. The maximum atomic E-state index is 13.1. The molecule has 0 N–H and O–H groups in total. The maximum Gasteiger partial charge on any atom is 0.140 e. The first-order valence-corrected chi connectivity index (χ1v) is 11.3. The van der Waals surface area contributed by atoms with E-state index in [2.05, 4.69) is 76.2 Å². The summed E-state index contributed by atoms with van der Waals surface area (Å²) in [5.74, 6) is 2.53. The van der Waals surface area contributed by atoms with E-state index in [0.29, 0.717) is 30.0 Å². The Morgan fingerprint density at radius 1 is 1.07 bits per heavy atom. The van der Waals surface area contributed by atoms with E-state index in [0.717, 1.165) is 18.4 Å². The predicted octanol–water partition coefficient (Wildman–Crippen LogP) is 6.91. The van der Waals surface area contributed by atoms with Crippen molar-refractivity contribution < 1.29 is 4.79 Å². The molecule has 1 heteroatoms. The van der Waals surface area contributed by atoms with E-state index in [9.17, 15) is 4.79 Å². The monoisotopic (exact) mass is 386 g/mol. The Morgan fingerprint density at radius 2 is 1.83 bits per heavy atom. The molecule has 1 nitrogen and oxygen atoms in total. The summed E-state index contributed by atoms with van der Waals surface area (Å²) < 4.78 is 0. The predicted molar refractivity (Wildman–Crippen MR) is 123 cm³/mol. The highest BCUT2D eigenvalue weighted by molar-refractivity contribution is 5.89. The molecule has 29 heavy (non-hydrogen) atoms. The van der Waals surface area contributed by atoms with Gasteiger partial charge < -0.3 is 0 Å². The van der Waals surface area contributed by atoms with Crippen molar-refractivity contribution in [1.82, 2.24) is 0 Å². The van der Waals surface area contributed by atoms with Gasteiger partial charge in [-0.3, -0.25) is 4.79 Å². The van der Waals surface area contributed by atoms with E-state index < -0.39 is 0 Å². The molecule has 152 valence electrons. The van der Waals surface area contributed by atoms with Crippen molar-refractivity contribution >= 4 is 17.4 Å². The van der Waals surface area contributed by atoms with Crippen molar-refractivity contribution in [3.63, 3.8) is 0 Å². The minimum absolute atomic E-state index is 0.244. The van der Waals surface area contributed by atoms with Crippen molar-refractivity contribution in [3.05, 3.63) is 70.3 Å². The number of Topliss-reactive ketones (excluding diaryl/α,β-unsaturated/α-hetero) is 1. The first-order chi connectivity index (χ1) is 13.9. The Bertz CT molecular complexity index is 916. The van der Waals surface area contributed by atoms with Gasteiger partial charge in [-0.25, -0.2) is 0 Å². The molecule has 1 saturated carbocycles. The lowest BCUT2D eigenvalue weighted by Crippen LogP contribution is -2.34. The standard InChI is InChI=1S/C28H34O/c1-18(2)25-13-8-19(3)14-27(25)28(29)15-21-9-11-22(12-10-21)24-16-23-7-5-6-20(4)26(23)17-24/h5-7,9-12,17-19,25,27H,8,13-16H2,1-4H3/t19-,25+,27-/m1/s1. The number of carbonyl (C=O) groups is 1. The highest BCUT2D eigenvalue weighted by atomic mass is 16.1. The first kappa shape index (κ1) is 20.1. The summed E-state index contributed by atoms with van der Waals surface area (Å²) in [5.41, 5.74) is 7.97. The second-order valence-electron chi connectivity index (χ2n) is 9.77. The topological polar surface area (TPSA) is 17.1 Å². The number of hydrogen-bond donors (Lipinski definition) is 0. The summed E-state index contributed by atoms with van der Waals surface area (Å²) in [5, 5.41) is 0. The number of fused-ring (bicyclic) bond motifs is 1. The SMILES string of the molecule is Cc1cccc2c1C=C(c1ccc(CC(=O)[C@@H]3C[C@H](C)CC[C@H]3C(C)C)cc1)C2. The lowest BCUT2D eigenvalue weighted by Gasteiger charge is -2.36.